The van der Waals surface area contributed by atoms with Crippen molar-refractivity contribution in [1.29, 1.82) is 0 Å². The van der Waals surface area contributed by atoms with Crippen LogP contribution in [0.2, 0.25) is 0 Å². The minimum absolute atomic E-state index is 0.0588. The average Bonchev–Trinajstić information content (AvgIpc) is 3.37. The molecule has 3 aromatic heterocycles. The first-order chi connectivity index (χ1) is 14.9. The molecule has 3 N–H and O–H groups in total. The van der Waals surface area contributed by atoms with Gasteiger partial charge in [-0.3, -0.25) is 4.79 Å². The van der Waals surface area contributed by atoms with Gasteiger partial charge in [0.1, 0.15) is 22.9 Å². The van der Waals surface area contributed by atoms with Crippen LogP contribution in [0, 0.1) is 12.8 Å². The first-order valence-corrected chi connectivity index (χ1v) is 10.1. The third kappa shape index (κ3) is 4.12. The van der Waals surface area contributed by atoms with Crippen molar-refractivity contribution in [2.24, 2.45) is 5.92 Å². The highest BCUT2D eigenvalue weighted by Crippen LogP contribution is 2.36. The first-order valence-electron chi connectivity index (χ1n) is 10.1. The van der Waals surface area contributed by atoms with Gasteiger partial charge >= 0.3 is 0 Å². The smallest absolute Gasteiger partial charge is 0.227 e. The summed E-state index contributed by atoms with van der Waals surface area (Å²) in [7, 11) is 1.60. The quantitative estimate of drug-likeness (QED) is 0.412. The number of benzene rings is 1. The third-order valence-corrected chi connectivity index (χ3v) is 4.97. The minimum atomic E-state index is -0.505. The molecule has 4 rings (SSSR count). The maximum atomic E-state index is 12.2. The Balaban J connectivity index is 1.88. The number of hydrogen-bond acceptors (Lipinski definition) is 5. The molecule has 0 amide bonds. The van der Waals surface area contributed by atoms with E-state index in [1.54, 1.807) is 14.0 Å². The molecule has 1 aromatic carbocycles. The Morgan fingerprint density at radius 3 is 2.55 bits per heavy atom. The van der Waals surface area contributed by atoms with Gasteiger partial charge in [0.25, 0.3) is 0 Å². The summed E-state index contributed by atoms with van der Waals surface area (Å²) in [5.41, 5.74) is 3.19. The molecule has 0 aliphatic heterocycles. The highest BCUT2D eigenvalue weighted by Gasteiger charge is 2.22. The molecule has 0 unspecified atom stereocenters. The fourth-order valence-corrected chi connectivity index (χ4v) is 3.53. The topological polar surface area (TPSA) is 104 Å². The summed E-state index contributed by atoms with van der Waals surface area (Å²) in [5, 5.41) is 10.4. The summed E-state index contributed by atoms with van der Waals surface area (Å²) < 4.78 is 11.0. The summed E-state index contributed by atoms with van der Waals surface area (Å²) in [6, 6.07) is 12.6. The second-order valence-electron chi connectivity index (χ2n) is 7.93. The van der Waals surface area contributed by atoms with Gasteiger partial charge in [-0.15, -0.1) is 0 Å². The van der Waals surface area contributed by atoms with Crippen LogP contribution in [0.1, 0.15) is 25.3 Å². The van der Waals surface area contributed by atoms with E-state index < -0.39 is 11.2 Å². The van der Waals surface area contributed by atoms with Crippen molar-refractivity contribution in [1.82, 2.24) is 15.0 Å². The normalized spacial score (nSPS) is 11.3. The van der Waals surface area contributed by atoms with Crippen LogP contribution >= 0.6 is 0 Å². The number of rotatable bonds is 6. The van der Waals surface area contributed by atoms with Crippen LogP contribution in [0.25, 0.3) is 34.2 Å². The molecular formula is C24H25N3O4. The van der Waals surface area contributed by atoms with Gasteiger partial charge < -0.3 is 24.2 Å². The second-order valence-corrected chi connectivity index (χ2v) is 7.93. The van der Waals surface area contributed by atoms with Crippen molar-refractivity contribution < 1.29 is 14.3 Å². The van der Waals surface area contributed by atoms with Crippen LogP contribution in [0.5, 0.6) is 11.5 Å². The van der Waals surface area contributed by atoms with E-state index >= 15 is 0 Å². The zero-order valence-corrected chi connectivity index (χ0v) is 17.9. The first kappa shape index (κ1) is 20.5. The molecule has 31 heavy (non-hydrogen) atoms. The summed E-state index contributed by atoms with van der Waals surface area (Å²) in [5.74, 6) is 1.82. The van der Waals surface area contributed by atoms with Crippen LogP contribution in [-0.2, 0) is 6.42 Å². The number of aryl methyl sites for hydroxylation is 1. The summed E-state index contributed by atoms with van der Waals surface area (Å²) in [6.45, 7) is 5.99. The summed E-state index contributed by atoms with van der Waals surface area (Å²) in [6.07, 6.45) is 0.923. The Labute approximate surface area is 179 Å². The lowest BCUT2D eigenvalue weighted by molar-refractivity contribution is 0.415. The Hall–Kier alpha value is -3.74. The molecule has 0 aliphatic rings. The van der Waals surface area contributed by atoms with Gasteiger partial charge in [-0.2, -0.15) is 0 Å². The van der Waals surface area contributed by atoms with E-state index in [0.29, 0.717) is 34.6 Å². The van der Waals surface area contributed by atoms with E-state index in [1.807, 2.05) is 36.4 Å². The van der Waals surface area contributed by atoms with E-state index in [-0.39, 0.29) is 5.76 Å². The van der Waals surface area contributed by atoms with Crippen molar-refractivity contribution in [2.45, 2.75) is 27.2 Å². The molecule has 0 fully saturated rings. The van der Waals surface area contributed by atoms with E-state index in [1.165, 1.54) is 6.07 Å². The van der Waals surface area contributed by atoms with Crippen molar-refractivity contribution in [3.8, 4) is 45.7 Å². The summed E-state index contributed by atoms with van der Waals surface area (Å²) in [4.78, 5) is 23.6. The molecule has 3 heterocycles. The molecule has 4 aromatic rings. The number of nitrogens with one attached hydrogen (secondary N) is 2. The number of ether oxygens (including phenoxy) is 1. The maximum Gasteiger partial charge on any atom is 0.227 e. The summed E-state index contributed by atoms with van der Waals surface area (Å²) >= 11 is 0. The van der Waals surface area contributed by atoms with Gasteiger partial charge in [-0.25, -0.2) is 4.98 Å². The van der Waals surface area contributed by atoms with Crippen LogP contribution in [0.15, 0.2) is 51.7 Å². The molecule has 0 spiro atoms. The van der Waals surface area contributed by atoms with E-state index in [9.17, 15) is 9.90 Å². The number of imidazole rings is 1. The fraction of sp³-hybridized carbons (Fsp3) is 0.250. The lowest BCUT2D eigenvalue weighted by atomic mass is 10.1. The van der Waals surface area contributed by atoms with Crippen molar-refractivity contribution in [2.75, 3.05) is 7.11 Å². The number of aromatic hydroxyl groups is 1. The van der Waals surface area contributed by atoms with Gasteiger partial charge in [0.15, 0.2) is 11.6 Å². The highest BCUT2D eigenvalue weighted by atomic mass is 16.5. The fourth-order valence-electron chi connectivity index (χ4n) is 3.53. The molecule has 0 aliphatic carbocycles. The third-order valence-electron chi connectivity index (χ3n) is 4.97. The van der Waals surface area contributed by atoms with Crippen molar-refractivity contribution in [3.63, 3.8) is 0 Å². The van der Waals surface area contributed by atoms with Gasteiger partial charge in [0, 0.05) is 17.3 Å². The molecule has 0 radical (unpaired) electrons. The van der Waals surface area contributed by atoms with E-state index in [4.69, 9.17) is 14.1 Å². The zero-order valence-electron chi connectivity index (χ0n) is 17.9. The molecule has 7 heteroatoms. The van der Waals surface area contributed by atoms with Gasteiger partial charge in [0.2, 0.25) is 11.2 Å². The van der Waals surface area contributed by atoms with Gasteiger partial charge in [-0.05, 0) is 55.7 Å². The zero-order chi connectivity index (χ0) is 22.1. The maximum absolute atomic E-state index is 12.2. The monoisotopic (exact) mass is 419 g/mol. The standard InChI is InChI=1S/C24H25N3O4/c1-13(2)11-16-7-10-18(25-16)24-26-20(15-5-8-17(30-4)9-6-15)21(27-24)23-22(29)19(28)12-14(3)31-23/h5-10,12-13,25,29H,11H2,1-4H3,(H,26,27). The van der Waals surface area contributed by atoms with Crippen molar-refractivity contribution >= 4 is 0 Å². The molecule has 160 valence electrons. The molecule has 0 saturated carbocycles. The van der Waals surface area contributed by atoms with Gasteiger partial charge in [-0.1, -0.05) is 13.8 Å². The Bertz CT molecular complexity index is 1260. The SMILES string of the molecule is COc1ccc(-c2nc(-c3ccc(CC(C)C)[nH]3)[nH]c2-c2oc(C)cc(=O)c2O)cc1. The van der Waals surface area contributed by atoms with Crippen LogP contribution < -0.4 is 10.2 Å². The number of nitrogens with zero attached hydrogens (tertiary/aromatic N) is 1. The minimum Gasteiger partial charge on any atom is -0.501 e. The Morgan fingerprint density at radius 2 is 1.87 bits per heavy atom. The Morgan fingerprint density at radius 1 is 1.13 bits per heavy atom. The molecule has 7 nitrogen and oxygen atoms in total. The number of H-pyrrole nitrogens is 2. The largest absolute Gasteiger partial charge is 0.501 e. The van der Waals surface area contributed by atoms with Gasteiger partial charge in [0.05, 0.1) is 12.8 Å². The Kier molecular flexibility index (Phi) is 5.42. The molecule has 0 atom stereocenters. The molecular weight excluding hydrogens is 394 g/mol. The van der Waals surface area contributed by atoms with Crippen LogP contribution in [0.4, 0.5) is 0 Å². The molecule has 0 bridgehead atoms. The van der Waals surface area contributed by atoms with Crippen molar-refractivity contribution in [3.05, 3.63) is 64.1 Å². The van der Waals surface area contributed by atoms with E-state index in [0.717, 1.165) is 23.4 Å². The molecule has 0 saturated heterocycles. The number of aromatic nitrogens is 3. The number of methoxy groups -OCH3 is 1. The predicted molar refractivity (Wildman–Crippen MR) is 119 cm³/mol. The van der Waals surface area contributed by atoms with E-state index in [2.05, 4.69) is 23.8 Å². The van der Waals surface area contributed by atoms with Crippen LogP contribution in [0.3, 0.4) is 0 Å². The lowest BCUT2D eigenvalue weighted by Crippen LogP contribution is -2.01. The number of aromatic amines is 2. The van der Waals surface area contributed by atoms with Crippen LogP contribution in [-0.4, -0.2) is 27.2 Å². The highest BCUT2D eigenvalue weighted by molar-refractivity contribution is 5.81. The number of hydrogen-bond donors (Lipinski definition) is 3. The second kappa shape index (κ2) is 8.18. The predicted octanol–water partition coefficient (Wildman–Crippen LogP) is 4.91. The lowest BCUT2D eigenvalue weighted by Gasteiger charge is -2.06. The average molecular weight is 419 g/mol.